The number of carbonyl (C=O) groups is 3. The summed E-state index contributed by atoms with van der Waals surface area (Å²) in [5, 5.41) is 8.48. The van der Waals surface area contributed by atoms with Gasteiger partial charge in [0, 0.05) is 24.1 Å². The third kappa shape index (κ3) is 5.71. The summed E-state index contributed by atoms with van der Waals surface area (Å²) in [6.07, 6.45) is 0.569. The fourth-order valence-corrected chi connectivity index (χ4v) is 3.59. The summed E-state index contributed by atoms with van der Waals surface area (Å²) in [7, 11) is 1.60. The molecule has 0 bridgehead atoms. The molecule has 33 heavy (non-hydrogen) atoms. The molecule has 2 aromatic carbocycles. The number of carbonyl (C=O) groups excluding carboxylic acids is 3. The standard InChI is InChI=1S/C25H30N4O4/c1-6-17-9-7-11-19(13-17)26-24(31)27-20-12-8-10-18(14-20)22-21(23(30)33-15(2)3)16(4)29(5)25(32)28-22/h7-15,22H,6H2,1-5H3,(H,28,32)(H2,26,27,31)/t22-/m1/s1. The first-order chi connectivity index (χ1) is 15.7. The number of rotatable bonds is 6. The monoisotopic (exact) mass is 450 g/mol. The highest BCUT2D eigenvalue weighted by Gasteiger charge is 2.35. The lowest BCUT2D eigenvalue weighted by atomic mass is 9.94. The fourth-order valence-electron chi connectivity index (χ4n) is 3.59. The zero-order valence-electron chi connectivity index (χ0n) is 19.6. The van der Waals surface area contributed by atoms with Crippen molar-refractivity contribution >= 4 is 29.4 Å². The number of allylic oxidation sites excluding steroid dienone is 1. The van der Waals surface area contributed by atoms with Gasteiger partial charge in [-0.2, -0.15) is 0 Å². The van der Waals surface area contributed by atoms with Crippen LogP contribution in [-0.2, 0) is 16.0 Å². The molecule has 8 heteroatoms. The molecule has 4 amide bonds. The van der Waals surface area contributed by atoms with Gasteiger partial charge >= 0.3 is 18.0 Å². The van der Waals surface area contributed by atoms with Crippen LogP contribution in [0.2, 0.25) is 0 Å². The average Bonchev–Trinajstić information content (AvgIpc) is 2.76. The number of esters is 1. The van der Waals surface area contributed by atoms with E-state index < -0.39 is 12.0 Å². The maximum atomic E-state index is 12.8. The Bertz CT molecular complexity index is 1090. The van der Waals surface area contributed by atoms with Crippen molar-refractivity contribution in [3.8, 4) is 0 Å². The predicted molar refractivity (Wildman–Crippen MR) is 128 cm³/mol. The number of anilines is 2. The van der Waals surface area contributed by atoms with Crippen LogP contribution in [0.15, 0.2) is 59.8 Å². The molecule has 174 valence electrons. The van der Waals surface area contributed by atoms with Crippen LogP contribution in [0.25, 0.3) is 0 Å². The molecule has 0 unspecified atom stereocenters. The van der Waals surface area contributed by atoms with E-state index in [1.165, 1.54) is 4.90 Å². The molecule has 0 radical (unpaired) electrons. The third-order valence-corrected chi connectivity index (χ3v) is 5.39. The molecule has 2 aromatic rings. The topological polar surface area (TPSA) is 99.8 Å². The first kappa shape index (κ1) is 23.8. The van der Waals surface area contributed by atoms with E-state index in [4.69, 9.17) is 4.74 Å². The molecule has 1 aliphatic rings. The highest BCUT2D eigenvalue weighted by molar-refractivity contribution is 6.00. The SMILES string of the molecule is CCc1cccc(NC(=O)Nc2cccc([C@H]3NC(=O)N(C)C(C)=C3C(=O)OC(C)C)c2)c1. The normalized spacial score (nSPS) is 15.9. The lowest BCUT2D eigenvalue weighted by Gasteiger charge is -2.33. The Labute approximate surface area is 194 Å². The minimum absolute atomic E-state index is 0.302. The van der Waals surface area contributed by atoms with Gasteiger partial charge in [-0.25, -0.2) is 14.4 Å². The summed E-state index contributed by atoms with van der Waals surface area (Å²) >= 11 is 0. The Kier molecular flexibility index (Phi) is 7.37. The molecule has 0 saturated heterocycles. The number of ether oxygens (including phenoxy) is 1. The molecule has 3 rings (SSSR count). The number of hydrogen-bond donors (Lipinski definition) is 3. The molecule has 1 atom stereocenters. The molecule has 3 N–H and O–H groups in total. The minimum Gasteiger partial charge on any atom is -0.459 e. The summed E-state index contributed by atoms with van der Waals surface area (Å²) in [5.74, 6) is -0.494. The van der Waals surface area contributed by atoms with Crippen molar-refractivity contribution in [2.24, 2.45) is 0 Å². The van der Waals surface area contributed by atoms with E-state index in [-0.39, 0.29) is 18.2 Å². The number of urea groups is 2. The molecular weight excluding hydrogens is 420 g/mol. The first-order valence-electron chi connectivity index (χ1n) is 10.9. The second-order valence-corrected chi connectivity index (χ2v) is 8.15. The minimum atomic E-state index is -0.703. The van der Waals surface area contributed by atoms with Crippen LogP contribution >= 0.6 is 0 Å². The summed E-state index contributed by atoms with van der Waals surface area (Å²) < 4.78 is 5.42. The number of hydrogen-bond acceptors (Lipinski definition) is 4. The van der Waals surface area contributed by atoms with Gasteiger partial charge < -0.3 is 25.6 Å². The van der Waals surface area contributed by atoms with Gasteiger partial charge in [0.05, 0.1) is 17.7 Å². The van der Waals surface area contributed by atoms with Crippen molar-refractivity contribution in [2.75, 3.05) is 17.7 Å². The Hall–Kier alpha value is -3.81. The molecule has 1 heterocycles. The van der Waals surface area contributed by atoms with E-state index in [2.05, 4.69) is 16.0 Å². The van der Waals surface area contributed by atoms with Crippen LogP contribution in [0, 0.1) is 0 Å². The van der Waals surface area contributed by atoms with Crippen molar-refractivity contribution < 1.29 is 19.1 Å². The molecule has 8 nitrogen and oxygen atoms in total. The van der Waals surface area contributed by atoms with E-state index in [0.29, 0.717) is 28.2 Å². The number of nitrogens with zero attached hydrogens (tertiary/aromatic N) is 1. The van der Waals surface area contributed by atoms with E-state index in [1.54, 1.807) is 52.1 Å². The Morgan fingerprint density at radius 2 is 1.73 bits per heavy atom. The van der Waals surface area contributed by atoms with Crippen molar-refractivity contribution in [2.45, 2.75) is 46.3 Å². The van der Waals surface area contributed by atoms with Gasteiger partial charge in [-0.05, 0) is 62.6 Å². The average molecular weight is 451 g/mol. The molecule has 1 aliphatic heterocycles. The van der Waals surface area contributed by atoms with Gasteiger partial charge in [0.25, 0.3) is 0 Å². The van der Waals surface area contributed by atoms with E-state index in [0.717, 1.165) is 12.0 Å². The largest absolute Gasteiger partial charge is 0.459 e. The molecular formula is C25H30N4O4. The van der Waals surface area contributed by atoms with Crippen molar-refractivity contribution in [3.05, 3.63) is 70.9 Å². The fraction of sp³-hybridized carbons (Fsp3) is 0.320. The summed E-state index contributed by atoms with van der Waals surface area (Å²) in [4.78, 5) is 39.2. The third-order valence-electron chi connectivity index (χ3n) is 5.39. The predicted octanol–water partition coefficient (Wildman–Crippen LogP) is 4.81. The maximum absolute atomic E-state index is 12.8. The van der Waals surface area contributed by atoms with Crippen LogP contribution in [0.3, 0.4) is 0 Å². The van der Waals surface area contributed by atoms with Crippen LogP contribution in [-0.4, -0.2) is 36.1 Å². The van der Waals surface area contributed by atoms with Crippen LogP contribution < -0.4 is 16.0 Å². The number of nitrogens with one attached hydrogen (secondary N) is 3. The van der Waals surface area contributed by atoms with E-state index in [1.807, 2.05) is 31.2 Å². The van der Waals surface area contributed by atoms with Crippen LogP contribution in [0.1, 0.15) is 44.9 Å². The highest BCUT2D eigenvalue weighted by atomic mass is 16.5. The Morgan fingerprint density at radius 3 is 2.36 bits per heavy atom. The van der Waals surface area contributed by atoms with E-state index >= 15 is 0 Å². The lowest BCUT2D eigenvalue weighted by Crippen LogP contribution is -2.46. The Balaban J connectivity index is 1.83. The van der Waals surface area contributed by atoms with E-state index in [9.17, 15) is 14.4 Å². The van der Waals surface area contributed by atoms with Gasteiger partial charge in [-0.3, -0.25) is 0 Å². The van der Waals surface area contributed by atoms with Crippen molar-refractivity contribution in [1.29, 1.82) is 0 Å². The second-order valence-electron chi connectivity index (χ2n) is 8.15. The quantitative estimate of drug-likeness (QED) is 0.550. The molecule has 0 saturated carbocycles. The molecule has 0 fully saturated rings. The van der Waals surface area contributed by atoms with Gasteiger partial charge in [0.15, 0.2) is 0 Å². The number of benzene rings is 2. The second kappa shape index (κ2) is 10.2. The zero-order valence-corrected chi connectivity index (χ0v) is 19.6. The number of amides is 4. The Morgan fingerprint density at radius 1 is 1.09 bits per heavy atom. The van der Waals surface area contributed by atoms with Crippen molar-refractivity contribution in [3.63, 3.8) is 0 Å². The molecule has 0 aliphatic carbocycles. The summed E-state index contributed by atoms with van der Waals surface area (Å²) in [5.41, 5.74) is 3.86. The van der Waals surface area contributed by atoms with Crippen molar-refractivity contribution in [1.82, 2.24) is 10.2 Å². The molecule has 0 spiro atoms. The van der Waals surface area contributed by atoms with Gasteiger partial charge in [0.2, 0.25) is 0 Å². The molecule has 0 aromatic heterocycles. The van der Waals surface area contributed by atoms with Crippen LogP contribution in [0.4, 0.5) is 21.0 Å². The van der Waals surface area contributed by atoms with Gasteiger partial charge in [-0.1, -0.05) is 31.2 Å². The van der Waals surface area contributed by atoms with Gasteiger partial charge in [0.1, 0.15) is 0 Å². The number of aryl methyl sites for hydroxylation is 1. The highest BCUT2D eigenvalue weighted by Crippen LogP contribution is 2.32. The maximum Gasteiger partial charge on any atom is 0.338 e. The van der Waals surface area contributed by atoms with Gasteiger partial charge in [-0.15, -0.1) is 0 Å². The van der Waals surface area contributed by atoms with Crippen LogP contribution in [0.5, 0.6) is 0 Å². The smallest absolute Gasteiger partial charge is 0.338 e. The first-order valence-corrected chi connectivity index (χ1v) is 10.9. The zero-order chi connectivity index (χ0) is 24.1. The lowest BCUT2D eigenvalue weighted by molar-refractivity contribution is -0.143. The summed E-state index contributed by atoms with van der Waals surface area (Å²) in [6, 6.07) is 13.2. The summed E-state index contributed by atoms with van der Waals surface area (Å²) in [6.45, 7) is 7.30.